The van der Waals surface area contributed by atoms with Gasteiger partial charge >= 0.3 is 5.97 Å². The van der Waals surface area contributed by atoms with E-state index in [9.17, 15) is 9.59 Å². The Kier molecular flexibility index (Phi) is 13.8. The second kappa shape index (κ2) is 18.2. The molecule has 56 heavy (non-hydrogen) atoms. The molecule has 8 nitrogen and oxygen atoms in total. The van der Waals surface area contributed by atoms with Gasteiger partial charge in [-0.05, 0) is 58.7 Å². The highest BCUT2D eigenvalue weighted by atomic mass is 31.2. The third kappa shape index (κ3) is 8.72. The maximum absolute atomic E-state index is 15.2. The Morgan fingerprint density at radius 1 is 0.839 bits per heavy atom. The number of ether oxygens (including phenoxy) is 3. The van der Waals surface area contributed by atoms with E-state index < -0.39 is 45.2 Å². The van der Waals surface area contributed by atoms with Crippen molar-refractivity contribution in [3.63, 3.8) is 0 Å². The minimum absolute atomic E-state index is 0.0601. The van der Waals surface area contributed by atoms with Crippen molar-refractivity contribution in [3.8, 4) is 5.75 Å². The van der Waals surface area contributed by atoms with Gasteiger partial charge in [-0.25, -0.2) is 4.79 Å². The molecule has 0 radical (unpaired) electrons. The van der Waals surface area contributed by atoms with Crippen molar-refractivity contribution in [3.05, 3.63) is 133 Å². The number of esters is 1. The van der Waals surface area contributed by atoms with Gasteiger partial charge < -0.3 is 23.5 Å². The molecule has 1 heterocycles. The molecular formula is C46H56NO7PSi. The molecule has 1 amide bonds. The van der Waals surface area contributed by atoms with Crippen molar-refractivity contribution in [2.75, 3.05) is 20.3 Å². The summed E-state index contributed by atoms with van der Waals surface area (Å²) in [6.07, 6.45) is 0.978. The monoisotopic (exact) mass is 793 g/mol. The van der Waals surface area contributed by atoms with Gasteiger partial charge in [0.15, 0.2) is 14.1 Å². The zero-order chi connectivity index (χ0) is 40.7. The van der Waals surface area contributed by atoms with E-state index in [1.165, 1.54) is 6.08 Å². The quantitative estimate of drug-likeness (QED) is 0.0360. The van der Waals surface area contributed by atoms with Crippen LogP contribution >= 0.6 is 6.89 Å². The fraction of sp³-hybridized carbons (Fsp3) is 0.348. The number of β-lactam (4-membered cyclic amide) rings is 1. The van der Waals surface area contributed by atoms with Crippen LogP contribution in [0.3, 0.4) is 0 Å². The van der Waals surface area contributed by atoms with Crippen LogP contribution in [0.4, 0.5) is 0 Å². The number of Topliss-reactive ketones (excluding diaryl/α,β-unsaturated/α-hetero) is 1. The number of ketones is 1. The number of rotatable bonds is 17. The van der Waals surface area contributed by atoms with Crippen molar-refractivity contribution in [2.24, 2.45) is 11.8 Å². The summed E-state index contributed by atoms with van der Waals surface area (Å²) in [7, 11) is -0.765. The maximum Gasteiger partial charge on any atom is 0.356 e. The molecule has 0 spiro atoms. The Morgan fingerprint density at radius 2 is 1.34 bits per heavy atom. The Hall–Kier alpha value is -4.53. The van der Waals surface area contributed by atoms with Crippen molar-refractivity contribution >= 4 is 54.2 Å². The van der Waals surface area contributed by atoms with Crippen LogP contribution in [-0.4, -0.2) is 68.8 Å². The van der Waals surface area contributed by atoms with Gasteiger partial charge in [0, 0.05) is 12.8 Å². The van der Waals surface area contributed by atoms with Gasteiger partial charge in [-0.2, -0.15) is 0 Å². The van der Waals surface area contributed by atoms with E-state index in [4.69, 9.17) is 18.6 Å². The largest absolute Gasteiger partial charge is 0.497 e. The number of nitrogens with zero attached hydrogens (tertiary/aromatic N) is 1. The number of likely N-dealkylation sites (tertiary alicyclic amines) is 1. The third-order valence-corrected chi connectivity index (χ3v) is 20.0. The van der Waals surface area contributed by atoms with Crippen molar-refractivity contribution < 1.29 is 33.0 Å². The second-order valence-electron chi connectivity index (χ2n) is 15.8. The molecule has 4 aromatic rings. The van der Waals surface area contributed by atoms with E-state index in [1.54, 1.807) is 12.0 Å². The standard InChI is InChI=1S/C46H56NO7PSi/c1-10-30-53-45(50)44(55(37-20-14-11-15-21-37,38-22-16-12-17-23-38)39-24-18-13-19-25-39)47-42(41(43(47)49)34(3)54-56(8,9)46(4,5)6)33(2)40(48)32-52-31-35-26-28-36(51-7)29-27-35/h10-29,33-34,41-42H,1,30-32H2,2-9H3/t33-,34+,41+,42+/m0/s1. The van der Waals surface area contributed by atoms with Crippen LogP contribution in [0.25, 0.3) is 0 Å². The van der Waals surface area contributed by atoms with Crippen LogP contribution in [0.1, 0.15) is 40.2 Å². The lowest BCUT2D eigenvalue weighted by atomic mass is 9.75. The van der Waals surface area contributed by atoms with Gasteiger partial charge in [0.1, 0.15) is 24.4 Å². The van der Waals surface area contributed by atoms with Gasteiger partial charge in [0.2, 0.25) is 5.91 Å². The Morgan fingerprint density at radius 3 is 1.79 bits per heavy atom. The SMILES string of the molecule is C=CCOC(=O)C(N1C(=O)[C@H]([C@@H](C)O[Si](C)(C)C(C)(C)C)[C@H]1[C@@H](C)C(=O)COCc1ccc(OC)cc1)=P(c1ccccc1)(c1ccccc1)c1ccccc1. The van der Waals surface area contributed by atoms with Crippen LogP contribution in [0.15, 0.2) is 128 Å². The van der Waals surface area contributed by atoms with E-state index in [2.05, 4.69) is 40.4 Å². The number of benzene rings is 4. The molecule has 1 aliphatic heterocycles. The molecule has 0 unspecified atom stereocenters. The summed E-state index contributed by atoms with van der Waals surface area (Å²) in [6, 6.07) is 36.3. The molecule has 296 valence electrons. The minimum Gasteiger partial charge on any atom is -0.497 e. The molecule has 0 N–H and O–H groups in total. The molecule has 1 fully saturated rings. The smallest absolute Gasteiger partial charge is 0.356 e. The van der Waals surface area contributed by atoms with Crippen molar-refractivity contribution in [1.29, 1.82) is 0 Å². The Labute approximate surface area is 333 Å². The molecular weight excluding hydrogens is 738 g/mol. The molecule has 0 saturated carbocycles. The number of hydrogen-bond donors (Lipinski definition) is 0. The summed E-state index contributed by atoms with van der Waals surface area (Å²) in [6.45, 7) is 15.1. The first kappa shape index (κ1) is 42.6. The summed E-state index contributed by atoms with van der Waals surface area (Å²) in [5, 5.41) is 2.47. The molecule has 4 aromatic carbocycles. The first-order valence-corrected chi connectivity index (χ1v) is 23.8. The van der Waals surface area contributed by atoms with E-state index in [0.29, 0.717) is 0 Å². The summed E-state index contributed by atoms with van der Waals surface area (Å²) in [5.74, 6) is -1.82. The number of hydrogen-bond acceptors (Lipinski definition) is 7. The van der Waals surface area contributed by atoms with E-state index >= 15 is 4.79 Å². The van der Waals surface area contributed by atoms with Gasteiger partial charge in [-0.1, -0.05) is 143 Å². The molecule has 0 aliphatic carbocycles. The predicted molar refractivity (Wildman–Crippen MR) is 230 cm³/mol. The normalized spacial score (nSPS) is 17.0. The summed E-state index contributed by atoms with van der Waals surface area (Å²) < 4.78 is 24.1. The average molecular weight is 794 g/mol. The second-order valence-corrected chi connectivity index (χ2v) is 23.9. The van der Waals surface area contributed by atoms with Crippen molar-refractivity contribution in [2.45, 2.75) is 71.5 Å². The zero-order valence-corrected chi connectivity index (χ0v) is 35.8. The van der Waals surface area contributed by atoms with Crippen LogP contribution in [0.5, 0.6) is 5.75 Å². The van der Waals surface area contributed by atoms with Gasteiger partial charge in [-0.15, -0.1) is 0 Å². The van der Waals surface area contributed by atoms with Crippen LogP contribution in [0.2, 0.25) is 18.1 Å². The number of carbonyl (C=O) groups excluding carboxylic acids is 3. The average Bonchev–Trinajstić information content (AvgIpc) is 3.19. The minimum atomic E-state index is -3.19. The summed E-state index contributed by atoms with van der Waals surface area (Å²) in [5.41, 5.74) is 1.11. The van der Waals surface area contributed by atoms with E-state index in [0.717, 1.165) is 27.2 Å². The van der Waals surface area contributed by atoms with Gasteiger partial charge in [-0.3, -0.25) is 9.59 Å². The predicted octanol–water partition coefficient (Wildman–Crippen LogP) is 7.51. The summed E-state index contributed by atoms with van der Waals surface area (Å²) >= 11 is 0. The fourth-order valence-corrected chi connectivity index (χ4v) is 13.0. The molecule has 1 saturated heterocycles. The third-order valence-electron chi connectivity index (χ3n) is 11.2. The van der Waals surface area contributed by atoms with Crippen LogP contribution < -0.4 is 20.7 Å². The summed E-state index contributed by atoms with van der Waals surface area (Å²) in [4.78, 5) is 46.1. The topological polar surface area (TPSA) is 91.4 Å². The van der Waals surface area contributed by atoms with E-state index in [-0.39, 0.29) is 42.0 Å². The highest BCUT2D eigenvalue weighted by molar-refractivity contribution is 7.96. The van der Waals surface area contributed by atoms with E-state index in [1.807, 2.05) is 129 Å². The first-order chi connectivity index (χ1) is 26.7. The van der Waals surface area contributed by atoms with Gasteiger partial charge in [0.05, 0.1) is 31.8 Å². The Bertz CT molecular complexity index is 1930. The van der Waals surface area contributed by atoms with Gasteiger partial charge in [0.25, 0.3) is 0 Å². The van der Waals surface area contributed by atoms with Crippen LogP contribution in [0, 0.1) is 11.8 Å². The molecule has 1 aliphatic rings. The molecule has 4 atom stereocenters. The number of carbonyl (C=O) groups is 3. The lowest BCUT2D eigenvalue weighted by Crippen LogP contribution is -2.71. The zero-order valence-electron chi connectivity index (χ0n) is 33.9. The lowest BCUT2D eigenvalue weighted by Gasteiger charge is -2.54. The highest BCUT2D eigenvalue weighted by Crippen LogP contribution is 2.51. The highest BCUT2D eigenvalue weighted by Gasteiger charge is 2.59. The van der Waals surface area contributed by atoms with Crippen molar-refractivity contribution in [1.82, 2.24) is 4.90 Å². The maximum atomic E-state index is 15.2. The Balaban J connectivity index is 1.73. The molecule has 10 heteroatoms. The molecule has 5 rings (SSSR count). The lowest BCUT2D eigenvalue weighted by molar-refractivity contribution is -0.162. The molecule has 0 bridgehead atoms. The van der Waals surface area contributed by atoms with Crippen LogP contribution in [-0.2, 0) is 34.9 Å². The number of amides is 1. The first-order valence-electron chi connectivity index (χ1n) is 19.1. The number of methoxy groups -OCH3 is 1. The molecule has 0 aromatic heterocycles. The fourth-order valence-electron chi connectivity index (χ4n) is 7.18.